The number of likely N-dealkylation sites (N-methyl/N-ethyl adjacent to an activating group) is 1. The van der Waals surface area contributed by atoms with E-state index in [4.69, 9.17) is 16.0 Å². The van der Waals surface area contributed by atoms with Crippen LogP contribution in [0, 0.1) is 0 Å². The van der Waals surface area contributed by atoms with E-state index < -0.39 is 0 Å². The Labute approximate surface area is 108 Å². The lowest BCUT2D eigenvalue weighted by molar-refractivity contribution is 0.157. The van der Waals surface area contributed by atoms with Gasteiger partial charge in [-0.15, -0.1) is 0 Å². The van der Waals surface area contributed by atoms with E-state index in [9.17, 15) is 0 Å². The fraction of sp³-hybridized carbons (Fsp3) is 0.462. The molecular formula is C13H21N3O2. The lowest BCUT2D eigenvalue weighted by Crippen LogP contribution is -2.39. The van der Waals surface area contributed by atoms with Crippen molar-refractivity contribution in [3.05, 3.63) is 35.9 Å². The SMILES string of the molecule is CC(CO)N(C)CC(/C(N)=N/O)c1ccccc1. The first kappa shape index (κ1) is 14.5. The van der Waals surface area contributed by atoms with Crippen LogP contribution in [0.5, 0.6) is 0 Å². The molecule has 0 aliphatic rings. The van der Waals surface area contributed by atoms with E-state index in [1.54, 1.807) is 0 Å². The predicted molar refractivity (Wildman–Crippen MR) is 71.8 cm³/mol. The van der Waals surface area contributed by atoms with Crippen molar-refractivity contribution < 1.29 is 10.3 Å². The number of hydrogen-bond acceptors (Lipinski definition) is 4. The molecule has 0 aliphatic carbocycles. The Bertz CT molecular complexity index is 381. The van der Waals surface area contributed by atoms with Gasteiger partial charge in [-0.25, -0.2) is 0 Å². The zero-order valence-corrected chi connectivity index (χ0v) is 10.8. The topological polar surface area (TPSA) is 82.1 Å². The zero-order chi connectivity index (χ0) is 13.5. The van der Waals surface area contributed by atoms with Gasteiger partial charge in [-0.3, -0.25) is 0 Å². The van der Waals surface area contributed by atoms with Gasteiger partial charge in [0.15, 0.2) is 0 Å². The second-order valence-corrected chi connectivity index (χ2v) is 4.46. The fourth-order valence-corrected chi connectivity index (χ4v) is 1.73. The number of oxime groups is 1. The van der Waals surface area contributed by atoms with Gasteiger partial charge in [0, 0.05) is 12.6 Å². The number of nitrogens with two attached hydrogens (primary N) is 1. The van der Waals surface area contributed by atoms with Crippen molar-refractivity contribution in [2.45, 2.75) is 18.9 Å². The molecule has 18 heavy (non-hydrogen) atoms. The zero-order valence-electron chi connectivity index (χ0n) is 10.8. The van der Waals surface area contributed by atoms with E-state index in [2.05, 4.69) is 5.16 Å². The molecule has 0 spiro atoms. The monoisotopic (exact) mass is 251 g/mol. The molecule has 0 fully saturated rings. The van der Waals surface area contributed by atoms with E-state index in [0.29, 0.717) is 6.54 Å². The Morgan fingerprint density at radius 3 is 2.50 bits per heavy atom. The summed E-state index contributed by atoms with van der Waals surface area (Å²) >= 11 is 0. The molecule has 5 nitrogen and oxygen atoms in total. The Balaban J connectivity index is 2.87. The maximum absolute atomic E-state index is 9.13. The molecule has 100 valence electrons. The standard InChI is InChI=1S/C13H21N3O2/c1-10(9-17)16(2)8-12(13(14)15-18)11-6-4-3-5-7-11/h3-7,10,12,17-18H,8-9H2,1-2H3,(H2,14,15). The minimum atomic E-state index is -0.185. The highest BCUT2D eigenvalue weighted by Crippen LogP contribution is 2.17. The molecule has 1 aromatic carbocycles. The summed E-state index contributed by atoms with van der Waals surface area (Å²) < 4.78 is 0. The van der Waals surface area contributed by atoms with E-state index in [1.165, 1.54) is 0 Å². The van der Waals surface area contributed by atoms with Crippen LogP contribution in [-0.4, -0.2) is 47.3 Å². The maximum atomic E-state index is 9.13. The second-order valence-electron chi connectivity index (χ2n) is 4.46. The van der Waals surface area contributed by atoms with Crippen LogP contribution in [0.4, 0.5) is 0 Å². The summed E-state index contributed by atoms with van der Waals surface area (Å²) in [6.07, 6.45) is 0. The van der Waals surface area contributed by atoms with Crippen LogP contribution < -0.4 is 5.73 Å². The first-order chi connectivity index (χ1) is 8.60. The Morgan fingerprint density at radius 2 is 2.00 bits per heavy atom. The molecule has 2 atom stereocenters. The Kier molecular flexibility index (Phi) is 5.61. The van der Waals surface area contributed by atoms with Gasteiger partial charge in [0.25, 0.3) is 0 Å². The van der Waals surface area contributed by atoms with Gasteiger partial charge in [-0.05, 0) is 19.5 Å². The number of aliphatic hydroxyl groups excluding tert-OH is 1. The summed E-state index contributed by atoms with van der Waals surface area (Å²) in [5.74, 6) is -0.00612. The smallest absolute Gasteiger partial charge is 0.147 e. The minimum Gasteiger partial charge on any atom is -0.409 e. The van der Waals surface area contributed by atoms with Crippen LogP contribution in [0.2, 0.25) is 0 Å². The molecule has 1 aromatic rings. The van der Waals surface area contributed by atoms with Gasteiger partial charge in [0.2, 0.25) is 0 Å². The molecule has 0 aromatic heterocycles. The first-order valence-corrected chi connectivity index (χ1v) is 5.93. The minimum absolute atomic E-state index is 0.0303. The van der Waals surface area contributed by atoms with Crippen molar-refractivity contribution in [1.82, 2.24) is 4.90 Å². The fourth-order valence-electron chi connectivity index (χ4n) is 1.73. The molecule has 2 unspecified atom stereocenters. The van der Waals surface area contributed by atoms with Gasteiger partial charge in [-0.1, -0.05) is 35.5 Å². The average molecular weight is 251 g/mol. The highest BCUT2D eigenvalue weighted by atomic mass is 16.4. The number of hydrogen-bond donors (Lipinski definition) is 3. The lowest BCUT2D eigenvalue weighted by atomic mass is 9.97. The second kappa shape index (κ2) is 6.98. The van der Waals surface area contributed by atoms with Crippen LogP contribution in [0.15, 0.2) is 35.5 Å². The molecule has 0 saturated heterocycles. The van der Waals surface area contributed by atoms with Crippen LogP contribution >= 0.6 is 0 Å². The molecule has 0 amide bonds. The van der Waals surface area contributed by atoms with Crippen molar-refractivity contribution in [3.63, 3.8) is 0 Å². The third-order valence-electron chi connectivity index (χ3n) is 3.16. The quantitative estimate of drug-likeness (QED) is 0.303. The molecule has 0 aliphatic heterocycles. The molecule has 0 heterocycles. The molecule has 1 rings (SSSR count). The van der Waals surface area contributed by atoms with Crippen LogP contribution in [0.3, 0.4) is 0 Å². The van der Waals surface area contributed by atoms with E-state index >= 15 is 0 Å². The summed E-state index contributed by atoms with van der Waals surface area (Å²) in [7, 11) is 1.90. The number of aliphatic hydroxyl groups is 1. The largest absolute Gasteiger partial charge is 0.409 e. The number of benzene rings is 1. The predicted octanol–water partition coefficient (Wildman–Crippen LogP) is 0.829. The van der Waals surface area contributed by atoms with Crippen LogP contribution in [-0.2, 0) is 0 Å². The van der Waals surface area contributed by atoms with Gasteiger partial charge >= 0.3 is 0 Å². The maximum Gasteiger partial charge on any atom is 0.147 e. The normalized spacial score (nSPS) is 15.7. The van der Waals surface area contributed by atoms with Gasteiger partial charge < -0.3 is 20.9 Å². The van der Waals surface area contributed by atoms with Crippen molar-refractivity contribution in [2.75, 3.05) is 20.2 Å². The third kappa shape index (κ3) is 3.72. The van der Waals surface area contributed by atoms with Gasteiger partial charge in [0.05, 0.1) is 12.5 Å². The molecule has 5 heteroatoms. The van der Waals surface area contributed by atoms with Crippen molar-refractivity contribution in [3.8, 4) is 0 Å². The van der Waals surface area contributed by atoms with Gasteiger partial charge in [-0.2, -0.15) is 0 Å². The van der Waals surface area contributed by atoms with E-state index in [0.717, 1.165) is 5.56 Å². The summed E-state index contributed by atoms with van der Waals surface area (Å²) in [4.78, 5) is 1.98. The highest BCUT2D eigenvalue weighted by molar-refractivity contribution is 5.87. The molecular weight excluding hydrogens is 230 g/mol. The summed E-state index contributed by atoms with van der Waals surface area (Å²) in [6.45, 7) is 2.59. The van der Waals surface area contributed by atoms with Crippen molar-refractivity contribution >= 4 is 5.84 Å². The van der Waals surface area contributed by atoms with Crippen molar-refractivity contribution in [1.29, 1.82) is 0 Å². The Hall–Kier alpha value is -1.59. The van der Waals surface area contributed by atoms with Crippen LogP contribution in [0.1, 0.15) is 18.4 Å². The summed E-state index contributed by atoms with van der Waals surface area (Å²) in [5.41, 5.74) is 6.74. The lowest BCUT2D eigenvalue weighted by Gasteiger charge is -2.27. The average Bonchev–Trinajstić information content (AvgIpc) is 2.43. The first-order valence-electron chi connectivity index (χ1n) is 5.93. The third-order valence-corrected chi connectivity index (χ3v) is 3.16. The van der Waals surface area contributed by atoms with Crippen molar-refractivity contribution in [2.24, 2.45) is 10.9 Å². The van der Waals surface area contributed by atoms with E-state index in [1.807, 2.05) is 49.2 Å². The van der Waals surface area contributed by atoms with Gasteiger partial charge in [0.1, 0.15) is 5.84 Å². The highest BCUT2D eigenvalue weighted by Gasteiger charge is 2.20. The number of amidine groups is 1. The number of rotatable bonds is 6. The number of nitrogens with zero attached hydrogens (tertiary/aromatic N) is 2. The summed E-state index contributed by atoms with van der Waals surface area (Å²) in [6, 6.07) is 9.68. The molecule has 0 saturated carbocycles. The molecule has 4 N–H and O–H groups in total. The Morgan fingerprint density at radius 1 is 1.39 bits per heavy atom. The molecule has 0 bridgehead atoms. The van der Waals surface area contributed by atoms with Crippen LogP contribution in [0.25, 0.3) is 0 Å². The molecule has 0 radical (unpaired) electrons. The van der Waals surface area contributed by atoms with E-state index in [-0.39, 0.29) is 24.4 Å². The summed E-state index contributed by atoms with van der Waals surface area (Å²) in [5, 5.41) is 21.1.